The first-order chi connectivity index (χ1) is 11.0. The molecule has 2 rings (SSSR count). The molecule has 0 bridgehead atoms. The van der Waals surface area contributed by atoms with Crippen LogP contribution in [-0.4, -0.2) is 0 Å². The molecular formula is C22H26O. The summed E-state index contributed by atoms with van der Waals surface area (Å²) in [4.78, 5) is 0. The number of hydrogen-bond donors (Lipinski definition) is 0. The number of allylic oxidation sites excluding steroid dienone is 2. The van der Waals surface area contributed by atoms with Gasteiger partial charge in [-0.3, -0.25) is 0 Å². The minimum Gasteiger partial charge on any atom is -0.467 e. The maximum Gasteiger partial charge on any atom is 0.0967 e. The monoisotopic (exact) mass is 306 g/mol. The largest absolute Gasteiger partial charge is 0.467 e. The molecule has 0 saturated heterocycles. The Labute approximate surface area is 140 Å². The summed E-state index contributed by atoms with van der Waals surface area (Å²) in [5, 5.41) is 0. The minimum absolute atomic E-state index is 0.791. The van der Waals surface area contributed by atoms with E-state index in [4.69, 9.17) is 4.74 Å². The topological polar surface area (TPSA) is 9.23 Å². The van der Waals surface area contributed by atoms with Crippen molar-refractivity contribution in [3.05, 3.63) is 95.5 Å². The first kappa shape index (κ1) is 17.1. The second-order valence-electron chi connectivity index (χ2n) is 6.15. The van der Waals surface area contributed by atoms with Crippen LogP contribution in [0.2, 0.25) is 0 Å². The van der Waals surface area contributed by atoms with E-state index < -0.39 is 0 Å². The van der Waals surface area contributed by atoms with Crippen molar-refractivity contribution >= 4 is 0 Å². The van der Waals surface area contributed by atoms with Gasteiger partial charge in [0, 0.05) is 12.8 Å². The van der Waals surface area contributed by atoms with E-state index in [-0.39, 0.29) is 0 Å². The van der Waals surface area contributed by atoms with Gasteiger partial charge < -0.3 is 4.74 Å². The fourth-order valence-corrected chi connectivity index (χ4v) is 2.38. The van der Waals surface area contributed by atoms with Gasteiger partial charge in [0.05, 0.1) is 11.5 Å². The Kier molecular flexibility index (Phi) is 6.22. The van der Waals surface area contributed by atoms with Gasteiger partial charge in [0.1, 0.15) is 0 Å². The van der Waals surface area contributed by atoms with Gasteiger partial charge in [-0.25, -0.2) is 0 Å². The molecule has 0 aliphatic heterocycles. The van der Waals surface area contributed by atoms with Crippen molar-refractivity contribution in [1.29, 1.82) is 0 Å². The molecular weight excluding hydrogens is 280 g/mol. The predicted octanol–water partition coefficient (Wildman–Crippen LogP) is 5.91. The average Bonchev–Trinajstić information content (AvgIpc) is 2.54. The van der Waals surface area contributed by atoms with E-state index in [1.165, 1.54) is 22.3 Å². The summed E-state index contributed by atoms with van der Waals surface area (Å²) in [6, 6.07) is 17.2. The molecule has 0 radical (unpaired) electrons. The zero-order valence-electron chi connectivity index (χ0n) is 14.3. The van der Waals surface area contributed by atoms with Crippen molar-refractivity contribution in [1.82, 2.24) is 0 Å². The van der Waals surface area contributed by atoms with Gasteiger partial charge in [0.15, 0.2) is 0 Å². The van der Waals surface area contributed by atoms with Crippen LogP contribution in [0.4, 0.5) is 0 Å². The van der Waals surface area contributed by atoms with E-state index >= 15 is 0 Å². The Bertz CT molecular complexity index is 588. The van der Waals surface area contributed by atoms with Gasteiger partial charge in [-0.1, -0.05) is 72.8 Å². The van der Waals surface area contributed by atoms with Crippen LogP contribution in [0.25, 0.3) is 0 Å². The molecule has 0 aliphatic carbocycles. The second-order valence-corrected chi connectivity index (χ2v) is 6.15. The Morgan fingerprint density at radius 3 is 1.39 bits per heavy atom. The van der Waals surface area contributed by atoms with Crippen LogP contribution in [-0.2, 0) is 17.6 Å². The van der Waals surface area contributed by atoms with Crippen molar-refractivity contribution < 1.29 is 4.74 Å². The molecule has 0 fully saturated rings. The summed E-state index contributed by atoms with van der Waals surface area (Å²) < 4.78 is 5.75. The Morgan fingerprint density at radius 1 is 0.696 bits per heavy atom. The first-order valence-corrected chi connectivity index (χ1v) is 8.17. The molecule has 0 unspecified atom stereocenters. The molecule has 0 spiro atoms. The molecule has 0 aromatic heterocycles. The standard InChI is InChI=1S/C22H26O/c1-17-5-11-21(12-6-17)15-9-19(3)23-20(4)10-16-22-13-7-18(2)8-14-22/h5-8,11-14H,3-4,9-10,15-16H2,1-2H3. The quantitative estimate of drug-likeness (QED) is 0.551. The molecule has 0 amide bonds. The van der Waals surface area contributed by atoms with E-state index in [9.17, 15) is 0 Å². The minimum atomic E-state index is 0.791. The van der Waals surface area contributed by atoms with Gasteiger partial charge in [-0.15, -0.1) is 0 Å². The summed E-state index contributed by atoms with van der Waals surface area (Å²) in [5.41, 5.74) is 5.19. The third-order valence-electron chi connectivity index (χ3n) is 3.91. The molecule has 0 N–H and O–H groups in total. The van der Waals surface area contributed by atoms with Gasteiger partial charge in [0.2, 0.25) is 0 Å². The van der Waals surface area contributed by atoms with Gasteiger partial charge in [0.25, 0.3) is 0 Å². The second kappa shape index (κ2) is 8.38. The lowest BCUT2D eigenvalue weighted by atomic mass is 10.1. The molecule has 1 nitrogen and oxygen atoms in total. The number of rotatable bonds is 8. The van der Waals surface area contributed by atoms with E-state index in [1.807, 2.05) is 0 Å². The van der Waals surface area contributed by atoms with Crippen LogP contribution in [0.15, 0.2) is 73.2 Å². The molecule has 2 aromatic rings. The van der Waals surface area contributed by atoms with E-state index in [2.05, 4.69) is 75.5 Å². The SMILES string of the molecule is C=C(CCc1ccc(C)cc1)OC(=C)CCc1ccc(C)cc1. The van der Waals surface area contributed by atoms with Crippen LogP contribution < -0.4 is 0 Å². The molecule has 2 aromatic carbocycles. The fraction of sp³-hybridized carbons (Fsp3) is 0.273. The number of aryl methyl sites for hydroxylation is 4. The van der Waals surface area contributed by atoms with Crippen molar-refractivity contribution in [3.63, 3.8) is 0 Å². The van der Waals surface area contributed by atoms with Crippen LogP contribution >= 0.6 is 0 Å². The van der Waals surface area contributed by atoms with Gasteiger partial charge >= 0.3 is 0 Å². The third-order valence-corrected chi connectivity index (χ3v) is 3.91. The Balaban J connectivity index is 1.70. The van der Waals surface area contributed by atoms with E-state index in [0.29, 0.717) is 0 Å². The smallest absolute Gasteiger partial charge is 0.0967 e. The lowest BCUT2D eigenvalue weighted by Crippen LogP contribution is -1.96. The molecule has 0 saturated carbocycles. The van der Waals surface area contributed by atoms with Gasteiger partial charge in [-0.05, 0) is 37.8 Å². The molecule has 1 heteroatoms. The van der Waals surface area contributed by atoms with Crippen LogP contribution in [0.3, 0.4) is 0 Å². The number of ether oxygens (including phenoxy) is 1. The van der Waals surface area contributed by atoms with Crippen molar-refractivity contribution in [2.75, 3.05) is 0 Å². The first-order valence-electron chi connectivity index (χ1n) is 8.17. The van der Waals surface area contributed by atoms with Crippen molar-refractivity contribution in [2.45, 2.75) is 39.5 Å². The maximum atomic E-state index is 5.75. The normalized spacial score (nSPS) is 10.3. The highest BCUT2D eigenvalue weighted by molar-refractivity contribution is 5.23. The lowest BCUT2D eigenvalue weighted by molar-refractivity contribution is 0.281. The Morgan fingerprint density at radius 2 is 1.04 bits per heavy atom. The van der Waals surface area contributed by atoms with Gasteiger partial charge in [-0.2, -0.15) is 0 Å². The zero-order chi connectivity index (χ0) is 16.7. The zero-order valence-corrected chi connectivity index (χ0v) is 14.3. The van der Waals surface area contributed by atoms with Crippen molar-refractivity contribution in [2.24, 2.45) is 0 Å². The van der Waals surface area contributed by atoms with Crippen LogP contribution in [0.5, 0.6) is 0 Å². The molecule has 0 aliphatic rings. The lowest BCUT2D eigenvalue weighted by Gasteiger charge is -2.11. The van der Waals surface area contributed by atoms with E-state index in [1.54, 1.807) is 0 Å². The molecule has 0 heterocycles. The van der Waals surface area contributed by atoms with Crippen LogP contribution in [0, 0.1) is 13.8 Å². The molecule has 0 atom stereocenters. The fourth-order valence-electron chi connectivity index (χ4n) is 2.38. The maximum absolute atomic E-state index is 5.75. The highest BCUT2D eigenvalue weighted by atomic mass is 16.5. The van der Waals surface area contributed by atoms with Crippen LogP contribution in [0.1, 0.15) is 35.1 Å². The van der Waals surface area contributed by atoms with Crippen molar-refractivity contribution in [3.8, 4) is 0 Å². The average molecular weight is 306 g/mol. The molecule has 23 heavy (non-hydrogen) atoms. The Hall–Kier alpha value is -2.28. The predicted molar refractivity (Wildman–Crippen MR) is 98.4 cm³/mol. The number of benzene rings is 2. The summed E-state index contributed by atoms with van der Waals surface area (Å²) in [6.45, 7) is 12.2. The summed E-state index contributed by atoms with van der Waals surface area (Å²) in [6.07, 6.45) is 3.55. The third kappa shape index (κ3) is 6.15. The number of hydrogen-bond acceptors (Lipinski definition) is 1. The summed E-state index contributed by atoms with van der Waals surface area (Å²) in [5.74, 6) is 1.58. The molecule has 120 valence electrons. The highest BCUT2D eigenvalue weighted by Gasteiger charge is 2.02. The summed E-state index contributed by atoms with van der Waals surface area (Å²) >= 11 is 0. The van der Waals surface area contributed by atoms with E-state index in [0.717, 1.165) is 37.2 Å². The summed E-state index contributed by atoms with van der Waals surface area (Å²) in [7, 11) is 0. The highest BCUT2D eigenvalue weighted by Crippen LogP contribution is 2.16.